The summed E-state index contributed by atoms with van der Waals surface area (Å²) in [4.78, 5) is 51.4. The molecule has 2 N–H and O–H groups in total. The molecule has 9 heteroatoms. The molecule has 9 nitrogen and oxygen atoms in total. The van der Waals surface area contributed by atoms with Gasteiger partial charge in [-0.15, -0.1) is 0 Å². The summed E-state index contributed by atoms with van der Waals surface area (Å²) in [5, 5.41) is 5.02. The van der Waals surface area contributed by atoms with Gasteiger partial charge in [0, 0.05) is 18.1 Å². The smallest absolute Gasteiger partial charge is 0.290 e. The highest BCUT2D eigenvalue weighted by molar-refractivity contribution is 6.06. The first kappa shape index (κ1) is 24.6. The highest BCUT2D eigenvalue weighted by Crippen LogP contribution is 2.13. The normalized spacial score (nSPS) is 10.8. The quantitative estimate of drug-likeness (QED) is 0.294. The van der Waals surface area contributed by atoms with E-state index in [4.69, 9.17) is 0 Å². The summed E-state index contributed by atoms with van der Waals surface area (Å²) in [5.74, 6) is -1.44. The number of benzene rings is 2. The van der Waals surface area contributed by atoms with Crippen LogP contribution in [-0.4, -0.2) is 26.2 Å². The van der Waals surface area contributed by atoms with Gasteiger partial charge in [0.25, 0.3) is 22.9 Å². The summed E-state index contributed by atoms with van der Waals surface area (Å²) in [7, 11) is 0. The Bertz CT molecular complexity index is 1510. The van der Waals surface area contributed by atoms with Crippen LogP contribution in [0.5, 0.6) is 0 Å². The van der Waals surface area contributed by atoms with Crippen molar-refractivity contribution in [2.24, 2.45) is 0 Å². The molecule has 4 rings (SSSR count). The van der Waals surface area contributed by atoms with Crippen LogP contribution in [0.1, 0.15) is 52.6 Å². The zero-order valence-electron chi connectivity index (χ0n) is 19.9. The molecule has 0 radical (unpaired) electrons. The third kappa shape index (κ3) is 5.41. The topological polar surface area (TPSA) is 115 Å². The van der Waals surface area contributed by atoms with E-state index in [1.54, 1.807) is 36.5 Å². The third-order valence-corrected chi connectivity index (χ3v) is 5.81. The van der Waals surface area contributed by atoms with Gasteiger partial charge in [-0.2, -0.15) is 5.10 Å². The maximum atomic E-state index is 13.0. The maximum Gasteiger partial charge on any atom is 0.290 e. The fourth-order valence-corrected chi connectivity index (χ4v) is 3.92. The number of hydrazine groups is 1. The molecule has 4 aromatic rings. The van der Waals surface area contributed by atoms with Gasteiger partial charge < -0.3 is 4.57 Å². The molecule has 0 aliphatic rings. The van der Waals surface area contributed by atoms with Crippen LogP contribution in [0.4, 0.5) is 0 Å². The van der Waals surface area contributed by atoms with Gasteiger partial charge in [-0.3, -0.25) is 30.0 Å². The number of nitrogens with zero attached hydrogens (tertiary/aromatic N) is 3. The molecular formula is C27H27N5O4. The zero-order valence-corrected chi connectivity index (χ0v) is 19.9. The number of aryl methyl sites for hydroxylation is 1. The van der Waals surface area contributed by atoms with E-state index >= 15 is 0 Å². The van der Waals surface area contributed by atoms with Gasteiger partial charge >= 0.3 is 0 Å². The fourth-order valence-electron chi connectivity index (χ4n) is 3.92. The number of nitrogens with one attached hydrogen (secondary N) is 2. The number of amides is 2. The number of fused-ring (bicyclic) bond motifs is 1. The molecule has 0 bridgehead atoms. The minimum atomic E-state index is -0.753. The second kappa shape index (κ2) is 11.3. The van der Waals surface area contributed by atoms with Gasteiger partial charge in [0.05, 0.1) is 11.9 Å². The van der Waals surface area contributed by atoms with Crippen molar-refractivity contribution in [3.05, 3.63) is 110 Å². The number of rotatable bonds is 8. The van der Waals surface area contributed by atoms with Gasteiger partial charge in [-0.25, -0.2) is 4.68 Å². The summed E-state index contributed by atoms with van der Waals surface area (Å²) in [6.45, 7) is 2.75. The Morgan fingerprint density at radius 2 is 1.50 bits per heavy atom. The zero-order chi connectivity index (χ0) is 25.5. The Hall–Kier alpha value is -4.53. The molecule has 0 aliphatic heterocycles. The van der Waals surface area contributed by atoms with E-state index in [0.717, 1.165) is 24.8 Å². The van der Waals surface area contributed by atoms with Crippen LogP contribution in [0.2, 0.25) is 0 Å². The van der Waals surface area contributed by atoms with Gasteiger partial charge in [0.15, 0.2) is 5.69 Å². The van der Waals surface area contributed by atoms with E-state index in [9.17, 15) is 19.2 Å². The summed E-state index contributed by atoms with van der Waals surface area (Å²) in [6, 6.07) is 19.1. The second-order valence-corrected chi connectivity index (χ2v) is 8.38. The first-order valence-electron chi connectivity index (χ1n) is 11.8. The van der Waals surface area contributed by atoms with Gasteiger partial charge in [0.1, 0.15) is 5.56 Å². The van der Waals surface area contributed by atoms with Crippen molar-refractivity contribution >= 4 is 22.6 Å². The first-order chi connectivity index (χ1) is 17.5. The number of pyridine rings is 1. The molecule has 0 saturated heterocycles. The third-order valence-electron chi connectivity index (χ3n) is 5.81. The number of carbonyl (C=O) groups is 2. The molecule has 184 valence electrons. The number of aromatic nitrogens is 3. The van der Waals surface area contributed by atoms with E-state index in [-0.39, 0.29) is 16.8 Å². The van der Waals surface area contributed by atoms with Crippen LogP contribution < -0.4 is 22.0 Å². The number of hydrogen-bond acceptors (Lipinski definition) is 5. The van der Waals surface area contributed by atoms with Crippen molar-refractivity contribution in [2.75, 3.05) is 0 Å². The van der Waals surface area contributed by atoms with Crippen LogP contribution in [0.15, 0.2) is 82.5 Å². The number of hydrogen-bond donors (Lipinski definition) is 2. The molecule has 0 unspecified atom stereocenters. The molecule has 2 aromatic heterocycles. The number of carbonyl (C=O) groups excluding carboxylic acids is 2. The Morgan fingerprint density at radius 3 is 2.25 bits per heavy atom. The molecule has 2 heterocycles. The van der Waals surface area contributed by atoms with Gasteiger partial charge in [-0.1, -0.05) is 68.3 Å². The van der Waals surface area contributed by atoms with Crippen molar-refractivity contribution in [3.8, 4) is 0 Å². The molecule has 2 aromatic carbocycles. The Balaban J connectivity index is 1.54. The first-order valence-corrected chi connectivity index (χ1v) is 11.8. The average molecular weight is 486 g/mol. The summed E-state index contributed by atoms with van der Waals surface area (Å²) in [6.07, 6.45) is 4.26. The predicted molar refractivity (Wildman–Crippen MR) is 137 cm³/mol. The van der Waals surface area contributed by atoms with E-state index < -0.39 is 17.4 Å². The lowest BCUT2D eigenvalue weighted by Crippen LogP contribution is -2.44. The average Bonchev–Trinajstić information content (AvgIpc) is 2.90. The van der Waals surface area contributed by atoms with Gasteiger partial charge in [-0.05, 0) is 30.2 Å². The van der Waals surface area contributed by atoms with Crippen molar-refractivity contribution in [1.82, 2.24) is 25.2 Å². The highest BCUT2D eigenvalue weighted by Gasteiger charge is 2.19. The molecule has 0 atom stereocenters. The van der Waals surface area contributed by atoms with E-state index in [2.05, 4.69) is 22.9 Å². The standard InChI is InChI=1S/C27H27N5O4/c1-2-3-9-17-32-27(36)21-14-8-7-13-20(21)23(30-32)25(34)29-28-24(33)22-15-10-16-31(26(22)35)18-19-11-5-4-6-12-19/h4-8,10-16H,2-3,9,17-18H2,1H3,(H,28,33)(H,29,34). The molecule has 0 saturated carbocycles. The fraction of sp³-hybridized carbons (Fsp3) is 0.222. The van der Waals surface area contributed by atoms with Crippen LogP contribution in [0.25, 0.3) is 10.8 Å². The molecule has 36 heavy (non-hydrogen) atoms. The maximum absolute atomic E-state index is 13.0. The molecular weight excluding hydrogens is 458 g/mol. The number of unbranched alkanes of at least 4 members (excludes halogenated alkanes) is 2. The second-order valence-electron chi connectivity index (χ2n) is 8.38. The van der Waals surface area contributed by atoms with Crippen molar-refractivity contribution in [1.29, 1.82) is 0 Å². The molecule has 0 spiro atoms. The van der Waals surface area contributed by atoms with Crippen LogP contribution >= 0.6 is 0 Å². The monoisotopic (exact) mass is 485 g/mol. The lowest BCUT2D eigenvalue weighted by Gasteiger charge is -2.12. The summed E-state index contributed by atoms with van der Waals surface area (Å²) in [5.41, 5.74) is 4.69. The molecule has 2 amide bonds. The SMILES string of the molecule is CCCCCn1nc(C(=O)NNC(=O)c2cccn(Cc3ccccc3)c2=O)c2ccccc2c1=O. The minimum absolute atomic E-state index is 0.0107. The predicted octanol–water partition coefficient (Wildman–Crippen LogP) is 2.87. The van der Waals surface area contributed by atoms with E-state index in [0.29, 0.717) is 23.9 Å². The summed E-state index contributed by atoms with van der Waals surface area (Å²) < 4.78 is 2.71. The lowest BCUT2D eigenvalue weighted by molar-refractivity contribution is 0.0842. The summed E-state index contributed by atoms with van der Waals surface area (Å²) >= 11 is 0. The van der Waals surface area contributed by atoms with Crippen LogP contribution in [0.3, 0.4) is 0 Å². The largest absolute Gasteiger partial charge is 0.310 e. The van der Waals surface area contributed by atoms with Crippen LogP contribution in [-0.2, 0) is 13.1 Å². The Labute approximate surface area is 207 Å². The lowest BCUT2D eigenvalue weighted by atomic mass is 10.1. The van der Waals surface area contributed by atoms with Crippen molar-refractivity contribution in [2.45, 2.75) is 39.3 Å². The van der Waals surface area contributed by atoms with E-state index in [1.807, 2.05) is 30.3 Å². The van der Waals surface area contributed by atoms with Gasteiger partial charge in [0.2, 0.25) is 0 Å². The van der Waals surface area contributed by atoms with E-state index in [1.165, 1.54) is 15.3 Å². The van der Waals surface area contributed by atoms with Crippen LogP contribution in [0, 0.1) is 0 Å². The molecule has 0 fully saturated rings. The molecule has 0 aliphatic carbocycles. The van der Waals surface area contributed by atoms with Crippen molar-refractivity contribution in [3.63, 3.8) is 0 Å². The minimum Gasteiger partial charge on any atom is -0.310 e. The highest BCUT2D eigenvalue weighted by atomic mass is 16.2. The Morgan fingerprint density at radius 1 is 0.806 bits per heavy atom. The van der Waals surface area contributed by atoms with Crippen molar-refractivity contribution < 1.29 is 9.59 Å². The Kier molecular flexibility index (Phi) is 7.69.